The van der Waals surface area contributed by atoms with E-state index in [1.165, 1.54) is 0 Å². The van der Waals surface area contributed by atoms with Gasteiger partial charge in [-0.1, -0.05) is 0 Å². The summed E-state index contributed by atoms with van der Waals surface area (Å²) in [5.74, 6) is -1.09. The summed E-state index contributed by atoms with van der Waals surface area (Å²) < 4.78 is 13.6. The van der Waals surface area contributed by atoms with Gasteiger partial charge in [0.25, 0.3) is 11.1 Å². The minimum absolute atomic E-state index is 0.288. The Morgan fingerprint density at radius 3 is 2.57 bits per heavy atom. The highest BCUT2D eigenvalue weighted by Gasteiger charge is 2.37. The molecule has 2 saturated heterocycles. The lowest BCUT2D eigenvalue weighted by Crippen LogP contribution is -2.36. The molecule has 0 radical (unpaired) electrons. The van der Waals surface area contributed by atoms with Gasteiger partial charge in [0.2, 0.25) is 0 Å². The number of carbonyl (C=O) groups is 3. The van der Waals surface area contributed by atoms with Crippen LogP contribution in [0.3, 0.4) is 0 Å². The van der Waals surface area contributed by atoms with Crippen LogP contribution in [0.5, 0.6) is 0 Å². The number of hydrogen-bond donors (Lipinski definition) is 0. The normalized spacial score (nSPS) is 17.7. The number of amides is 2. The minimum Gasteiger partial charge on any atom is -0.462 e. The van der Waals surface area contributed by atoms with Crippen molar-refractivity contribution in [3.63, 3.8) is 0 Å². The smallest absolute Gasteiger partial charge is 0.326 e. The molecule has 10 heteroatoms. The average molecular weight is 562 g/mol. The number of esters is 1. The van der Waals surface area contributed by atoms with Gasteiger partial charge in [-0.05, 0) is 91.3 Å². The van der Waals surface area contributed by atoms with Gasteiger partial charge >= 0.3 is 5.97 Å². The van der Waals surface area contributed by atoms with Gasteiger partial charge in [0.05, 0.1) is 29.9 Å². The quantitative estimate of drug-likeness (QED) is 0.374. The summed E-state index contributed by atoms with van der Waals surface area (Å²) in [6, 6.07) is 8.25. The third kappa shape index (κ3) is 5.49. The van der Waals surface area contributed by atoms with Gasteiger partial charge in [0, 0.05) is 34.6 Å². The maximum atomic E-state index is 12.8. The fourth-order valence-electron chi connectivity index (χ4n) is 4.23. The largest absolute Gasteiger partial charge is 0.462 e. The molecule has 0 atom stereocenters. The Labute approximate surface area is 217 Å². The molecule has 2 aliphatic heterocycles. The molecular formula is C25H28BrN3O5S. The molecular weight excluding hydrogens is 534 g/mol. The Balaban J connectivity index is 1.57. The molecule has 0 spiro atoms. The van der Waals surface area contributed by atoms with Crippen molar-refractivity contribution in [3.8, 4) is 5.69 Å². The monoisotopic (exact) mass is 561 g/mol. The van der Waals surface area contributed by atoms with E-state index in [1.807, 2.05) is 19.9 Å². The fourth-order valence-corrected chi connectivity index (χ4v) is 5.68. The molecule has 186 valence electrons. The fraction of sp³-hybridized carbons (Fsp3) is 0.400. The molecule has 0 bridgehead atoms. The van der Waals surface area contributed by atoms with E-state index < -0.39 is 17.1 Å². The van der Waals surface area contributed by atoms with Gasteiger partial charge in [-0.15, -0.1) is 0 Å². The van der Waals surface area contributed by atoms with Crippen LogP contribution in [0.15, 0.2) is 33.6 Å². The number of carbonyl (C=O) groups excluding carboxylic acids is 3. The first kappa shape index (κ1) is 25.5. The van der Waals surface area contributed by atoms with E-state index in [1.54, 1.807) is 19.9 Å². The molecule has 8 nitrogen and oxygen atoms in total. The number of halogens is 1. The van der Waals surface area contributed by atoms with E-state index in [0.717, 1.165) is 75.8 Å². The number of morpholine rings is 1. The van der Waals surface area contributed by atoms with Crippen LogP contribution in [0.25, 0.3) is 11.8 Å². The number of anilines is 1. The Morgan fingerprint density at radius 1 is 1.20 bits per heavy atom. The number of hydrogen-bond acceptors (Lipinski definition) is 7. The van der Waals surface area contributed by atoms with Gasteiger partial charge < -0.3 is 18.9 Å². The molecule has 0 N–H and O–H groups in total. The van der Waals surface area contributed by atoms with E-state index >= 15 is 0 Å². The lowest BCUT2D eigenvalue weighted by molar-refractivity contribution is -0.149. The van der Waals surface area contributed by atoms with E-state index in [9.17, 15) is 14.4 Å². The van der Waals surface area contributed by atoms with E-state index in [4.69, 9.17) is 9.47 Å². The van der Waals surface area contributed by atoms with Crippen LogP contribution in [0, 0.1) is 13.8 Å². The summed E-state index contributed by atoms with van der Waals surface area (Å²) >= 11 is 4.56. The highest BCUT2D eigenvalue weighted by atomic mass is 79.9. The van der Waals surface area contributed by atoms with Crippen molar-refractivity contribution in [3.05, 3.63) is 50.6 Å². The summed E-state index contributed by atoms with van der Waals surface area (Å²) in [6.07, 6.45) is 1.40. The second-order valence-corrected chi connectivity index (χ2v) is 10.6. The predicted octanol–water partition coefficient (Wildman–Crippen LogP) is 4.68. The van der Waals surface area contributed by atoms with Crippen LogP contribution >= 0.6 is 27.7 Å². The van der Waals surface area contributed by atoms with Crippen molar-refractivity contribution in [2.75, 3.05) is 37.7 Å². The molecule has 2 fully saturated rings. The van der Waals surface area contributed by atoms with Gasteiger partial charge in [0.15, 0.2) is 0 Å². The molecule has 0 saturated carbocycles. The predicted molar refractivity (Wildman–Crippen MR) is 140 cm³/mol. The van der Waals surface area contributed by atoms with Gasteiger partial charge in [-0.2, -0.15) is 0 Å². The highest BCUT2D eigenvalue weighted by molar-refractivity contribution is 9.10. The number of nitrogens with zero attached hydrogens (tertiary/aromatic N) is 3. The second kappa shape index (κ2) is 10.6. The van der Waals surface area contributed by atoms with Crippen LogP contribution < -0.4 is 4.90 Å². The molecule has 1 aromatic carbocycles. The third-order valence-electron chi connectivity index (χ3n) is 5.83. The number of benzene rings is 1. The van der Waals surface area contributed by atoms with Crippen molar-refractivity contribution in [2.24, 2.45) is 0 Å². The van der Waals surface area contributed by atoms with Crippen LogP contribution in [-0.4, -0.2) is 65.5 Å². The van der Waals surface area contributed by atoms with Crippen LogP contribution in [0.2, 0.25) is 0 Å². The van der Waals surface area contributed by atoms with Gasteiger partial charge in [0.1, 0.15) is 6.54 Å². The van der Waals surface area contributed by atoms with E-state index in [-0.39, 0.29) is 17.6 Å². The lowest BCUT2D eigenvalue weighted by Gasteiger charge is -2.30. The Hall–Kier alpha value is -2.56. The number of aromatic nitrogens is 1. The molecule has 3 heterocycles. The minimum atomic E-state index is -0.604. The zero-order valence-electron chi connectivity index (χ0n) is 20.2. The average Bonchev–Trinajstić information content (AvgIpc) is 3.22. The first-order valence-electron chi connectivity index (χ1n) is 11.4. The zero-order valence-corrected chi connectivity index (χ0v) is 22.6. The molecule has 35 heavy (non-hydrogen) atoms. The van der Waals surface area contributed by atoms with Crippen molar-refractivity contribution in [1.29, 1.82) is 0 Å². The topological polar surface area (TPSA) is 81.1 Å². The molecule has 2 aliphatic rings. The number of imide groups is 1. The Kier molecular flexibility index (Phi) is 7.73. The van der Waals surface area contributed by atoms with Gasteiger partial charge in [-0.25, -0.2) is 0 Å². The third-order valence-corrected chi connectivity index (χ3v) is 7.37. The van der Waals surface area contributed by atoms with Crippen molar-refractivity contribution in [2.45, 2.75) is 33.8 Å². The van der Waals surface area contributed by atoms with Crippen molar-refractivity contribution >= 4 is 56.6 Å². The molecule has 2 aromatic rings. The molecule has 0 unspecified atom stereocenters. The molecule has 0 aliphatic carbocycles. The Morgan fingerprint density at radius 2 is 1.91 bits per heavy atom. The number of rotatable bonds is 6. The number of ether oxygens (including phenoxy) is 2. The Bertz CT molecular complexity index is 1200. The van der Waals surface area contributed by atoms with Crippen LogP contribution in [0.4, 0.5) is 10.5 Å². The highest BCUT2D eigenvalue weighted by Crippen LogP contribution is 2.35. The van der Waals surface area contributed by atoms with Crippen LogP contribution in [-0.2, 0) is 19.1 Å². The summed E-state index contributed by atoms with van der Waals surface area (Å²) in [4.78, 5) is 40.7. The second-order valence-electron chi connectivity index (χ2n) is 8.70. The zero-order chi connectivity index (χ0) is 25.3. The first-order valence-corrected chi connectivity index (χ1v) is 13.0. The number of thioether (sulfide) groups is 1. The van der Waals surface area contributed by atoms with E-state index in [2.05, 4.69) is 43.6 Å². The molecule has 2 amide bonds. The maximum Gasteiger partial charge on any atom is 0.326 e. The van der Waals surface area contributed by atoms with Crippen molar-refractivity contribution < 1.29 is 23.9 Å². The summed E-state index contributed by atoms with van der Waals surface area (Å²) in [5.41, 5.74) is 4.91. The molecule has 4 rings (SSSR count). The summed E-state index contributed by atoms with van der Waals surface area (Å²) in [6.45, 7) is 10.2. The van der Waals surface area contributed by atoms with E-state index in [0.29, 0.717) is 0 Å². The SMILES string of the molecule is Cc1cc(/C=C2\SC(=O)N(CC(=O)OC(C)C)C2=O)c(C)n1-c1ccc(N2CCOCC2)c(Br)c1. The molecule has 1 aromatic heterocycles. The number of aryl methyl sites for hydroxylation is 1. The van der Waals surface area contributed by atoms with Gasteiger partial charge in [-0.3, -0.25) is 19.3 Å². The maximum absolute atomic E-state index is 12.8. The van der Waals surface area contributed by atoms with Crippen LogP contribution in [0.1, 0.15) is 30.8 Å². The lowest BCUT2D eigenvalue weighted by atomic mass is 10.2. The van der Waals surface area contributed by atoms with Crippen molar-refractivity contribution in [1.82, 2.24) is 9.47 Å². The first-order chi connectivity index (χ1) is 16.7. The summed E-state index contributed by atoms with van der Waals surface area (Å²) in [7, 11) is 0. The standard InChI is InChI=1S/C25H28BrN3O5S/c1-15(2)34-23(30)14-28-24(31)22(35-25(28)32)12-18-11-16(3)29(17(18)4)19-5-6-21(20(26)13-19)27-7-9-33-10-8-27/h5-6,11-13,15H,7-10,14H2,1-4H3/b22-12-. The summed E-state index contributed by atoms with van der Waals surface area (Å²) in [5, 5.41) is -0.474.